The molecule has 90 valence electrons. The normalized spacial score (nSPS) is 11.8. The first-order chi connectivity index (χ1) is 7.21. The zero-order valence-corrected chi connectivity index (χ0v) is 6.93. The summed E-state index contributed by atoms with van der Waals surface area (Å²) in [5.74, 6) is -13.1. The lowest BCUT2D eigenvalue weighted by atomic mass is 10.1. The van der Waals surface area contributed by atoms with E-state index >= 15 is 0 Å². The van der Waals surface area contributed by atoms with Gasteiger partial charge in [0, 0.05) is 4.53 Å². The Bertz CT molecular complexity index is 424. The second kappa shape index (κ2) is 3.80. The third-order valence-electron chi connectivity index (χ3n) is 1.58. The molecule has 0 aliphatic rings. The second-order valence-corrected chi connectivity index (χ2v) is 2.53. The summed E-state index contributed by atoms with van der Waals surface area (Å²) in [6.07, 6.45) is -5.64. The molecular formula is C7F8O. The maximum atomic E-state index is 12.6. The predicted octanol–water partition coefficient (Wildman–Crippen LogP) is 3.53. The minimum atomic E-state index is -5.64. The number of rotatable bonds is 1. The average molecular weight is 252 g/mol. The Morgan fingerprint density at radius 1 is 0.750 bits per heavy atom. The minimum Gasteiger partial charge on any atom is -0.290 e. The van der Waals surface area contributed by atoms with E-state index in [0.717, 1.165) is 0 Å². The molecule has 1 rings (SSSR count). The molecule has 1 nitrogen and oxygen atoms in total. The molecule has 0 heterocycles. The first kappa shape index (κ1) is 12.5. The van der Waals surface area contributed by atoms with Crippen molar-refractivity contribution in [3.63, 3.8) is 0 Å². The van der Waals surface area contributed by atoms with Gasteiger partial charge in [0.1, 0.15) is 5.56 Å². The van der Waals surface area contributed by atoms with E-state index in [-0.39, 0.29) is 0 Å². The Morgan fingerprint density at radius 3 is 1.56 bits per heavy atom. The van der Waals surface area contributed by atoms with Crippen LogP contribution in [0.25, 0.3) is 0 Å². The largest absolute Gasteiger partial charge is 0.423 e. The smallest absolute Gasteiger partial charge is 0.290 e. The van der Waals surface area contributed by atoms with Gasteiger partial charge in [0.2, 0.25) is 17.4 Å². The summed E-state index contributed by atoms with van der Waals surface area (Å²) in [4.78, 5) is 2.38. The van der Waals surface area contributed by atoms with Crippen molar-refractivity contribution in [2.24, 2.45) is 0 Å². The molecule has 0 unspecified atom stereocenters. The van der Waals surface area contributed by atoms with Crippen molar-refractivity contribution in [2.45, 2.75) is 6.18 Å². The summed E-state index contributed by atoms with van der Waals surface area (Å²) in [7, 11) is 0. The first-order valence-electron chi connectivity index (χ1n) is 3.43. The zero-order valence-electron chi connectivity index (χ0n) is 6.93. The van der Waals surface area contributed by atoms with Gasteiger partial charge in [-0.1, -0.05) is 0 Å². The van der Waals surface area contributed by atoms with Gasteiger partial charge < -0.3 is 0 Å². The van der Waals surface area contributed by atoms with Crippen molar-refractivity contribution in [1.82, 2.24) is 0 Å². The Balaban J connectivity index is 3.72. The summed E-state index contributed by atoms with van der Waals surface area (Å²) in [6, 6.07) is 0. The van der Waals surface area contributed by atoms with Crippen LogP contribution in [0, 0.1) is 23.3 Å². The maximum absolute atomic E-state index is 12.6. The molecule has 16 heavy (non-hydrogen) atoms. The fraction of sp³-hybridized carbons (Fsp3) is 0.143. The number of hydrogen-bond donors (Lipinski definition) is 0. The third-order valence-corrected chi connectivity index (χ3v) is 1.58. The number of alkyl halides is 3. The molecule has 0 fully saturated rings. The van der Waals surface area contributed by atoms with Crippen molar-refractivity contribution in [3.05, 3.63) is 28.8 Å². The van der Waals surface area contributed by atoms with E-state index in [1.807, 2.05) is 0 Å². The quantitative estimate of drug-likeness (QED) is 0.422. The van der Waals surface area contributed by atoms with Gasteiger partial charge in [0.15, 0.2) is 11.6 Å². The van der Waals surface area contributed by atoms with Crippen LogP contribution in [0.15, 0.2) is 0 Å². The molecule has 0 saturated carbocycles. The highest BCUT2D eigenvalue weighted by Gasteiger charge is 2.43. The third kappa shape index (κ3) is 1.76. The standard InChI is InChI=1S/C7F8O/c8-2-1(7(12,13)14)6(16-15)5(11)4(10)3(2)9. The van der Waals surface area contributed by atoms with Crippen molar-refractivity contribution in [1.29, 1.82) is 0 Å². The minimum absolute atomic E-state index is 2.38. The van der Waals surface area contributed by atoms with E-state index in [0.29, 0.717) is 0 Å². The fourth-order valence-electron chi connectivity index (χ4n) is 0.937. The molecular weight excluding hydrogens is 252 g/mol. The van der Waals surface area contributed by atoms with E-state index in [9.17, 15) is 35.3 Å². The van der Waals surface area contributed by atoms with E-state index in [4.69, 9.17) is 0 Å². The molecule has 0 aliphatic heterocycles. The summed E-state index contributed by atoms with van der Waals surface area (Å²) in [6.45, 7) is 0. The molecule has 1 aromatic rings. The van der Waals surface area contributed by atoms with Crippen LogP contribution in [0.5, 0.6) is 5.75 Å². The van der Waals surface area contributed by atoms with Crippen LogP contribution in [0.4, 0.5) is 35.3 Å². The van der Waals surface area contributed by atoms with Crippen molar-refractivity contribution >= 4 is 0 Å². The fourth-order valence-corrected chi connectivity index (χ4v) is 0.937. The summed E-state index contributed by atoms with van der Waals surface area (Å²) in [5, 5.41) is 0. The molecule has 0 aromatic heterocycles. The van der Waals surface area contributed by atoms with E-state index in [2.05, 4.69) is 4.94 Å². The van der Waals surface area contributed by atoms with Gasteiger partial charge in [-0.05, 0) is 0 Å². The first-order valence-corrected chi connectivity index (χ1v) is 3.43. The highest BCUT2D eigenvalue weighted by atomic mass is 19.4. The Labute approximate surface area is 82.1 Å². The molecule has 0 radical (unpaired) electrons. The van der Waals surface area contributed by atoms with Crippen molar-refractivity contribution in [2.75, 3.05) is 0 Å². The molecule has 0 saturated heterocycles. The van der Waals surface area contributed by atoms with Gasteiger partial charge in [-0.15, -0.1) is 0 Å². The lowest BCUT2D eigenvalue weighted by Gasteiger charge is -2.12. The molecule has 0 spiro atoms. The molecule has 0 aliphatic carbocycles. The van der Waals surface area contributed by atoms with Gasteiger partial charge >= 0.3 is 6.18 Å². The van der Waals surface area contributed by atoms with Crippen molar-refractivity contribution < 1.29 is 40.2 Å². The molecule has 0 bridgehead atoms. The van der Waals surface area contributed by atoms with Gasteiger partial charge in [0.25, 0.3) is 0 Å². The van der Waals surface area contributed by atoms with Crippen LogP contribution in [-0.4, -0.2) is 0 Å². The van der Waals surface area contributed by atoms with Gasteiger partial charge in [-0.25, -0.2) is 13.2 Å². The second-order valence-electron chi connectivity index (χ2n) is 2.53. The topological polar surface area (TPSA) is 9.23 Å². The van der Waals surface area contributed by atoms with Crippen molar-refractivity contribution in [3.8, 4) is 5.75 Å². The molecule has 9 heteroatoms. The van der Waals surface area contributed by atoms with Gasteiger partial charge in [-0.3, -0.25) is 4.94 Å². The van der Waals surface area contributed by atoms with Crippen LogP contribution in [0.1, 0.15) is 5.56 Å². The highest BCUT2D eigenvalue weighted by molar-refractivity contribution is 5.39. The van der Waals surface area contributed by atoms with E-state index in [1.165, 1.54) is 0 Å². The highest BCUT2D eigenvalue weighted by Crippen LogP contribution is 2.41. The predicted molar refractivity (Wildman–Crippen MR) is 33.0 cm³/mol. The summed E-state index contributed by atoms with van der Waals surface area (Å²) in [5.41, 5.74) is -2.69. The van der Waals surface area contributed by atoms with Gasteiger partial charge in [0.05, 0.1) is 0 Å². The number of hydrogen-bond acceptors (Lipinski definition) is 1. The summed E-state index contributed by atoms with van der Waals surface area (Å²) < 4.78 is 97.8. The molecule has 0 N–H and O–H groups in total. The molecule has 1 aromatic carbocycles. The monoisotopic (exact) mass is 252 g/mol. The maximum Gasteiger partial charge on any atom is 0.423 e. The molecule has 0 amide bonds. The van der Waals surface area contributed by atoms with Crippen LogP contribution < -0.4 is 4.94 Å². The Morgan fingerprint density at radius 2 is 1.19 bits per heavy atom. The van der Waals surface area contributed by atoms with Crippen LogP contribution in [0.2, 0.25) is 0 Å². The van der Waals surface area contributed by atoms with Crippen LogP contribution in [-0.2, 0) is 6.18 Å². The van der Waals surface area contributed by atoms with E-state index < -0.39 is 40.8 Å². The average Bonchev–Trinajstić information content (AvgIpc) is 2.18. The lowest BCUT2D eigenvalue weighted by molar-refractivity contribution is -0.146. The van der Waals surface area contributed by atoms with Crippen LogP contribution in [0.3, 0.4) is 0 Å². The number of benzene rings is 1. The summed E-state index contributed by atoms with van der Waals surface area (Å²) >= 11 is 0. The Hall–Kier alpha value is -1.54. The van der Waals surface area contributed by atoms with Gasteiger partial charge in [-0.2, -0.15) is 17.6 Å². The van der Waals surface area contributed by atoms with Crippen LogP contribution >= 0.6 is 0 Å². The molecule has 0 atom stereocenters. The zero-order chi connectivity index (χ0) is 12.7. The Kier molecular flexibility index (Phi) is 2.97. The number of halogens is 8. The lowest BCUT2D eigenvalue weighted by Crippen LogP contribution is -2.14. The van der Waals surface area contributed by atoms with E-state index in [1.54, 1.807) is 0 Å². The SMILES string of the molecule is FOc1c(F)c(F)c(F)c(F)c1C(F)(F)F.